The van der Waals surface area contributed by atoms with Crippen molar-refractivity contribution in [2.75, 3.05) is 0 Å². The van der Waals surface area contributed by atoms with Gasteiger partial charge in [-0.1, -0.05) is 114 Å². The summed E-state index contributed by atoms with van der Waals surface area (Å²) in [5.74, 6) is 0. The zero-order valence-corrected chi connectivity index (χ0v) is 30.1. The highest BCUT2D eigenvalue weighted by atomic mass is 15.0. The largest absolute Gasteiger partial charge is 0.309 e. The molecular formula is C51H38N2. The van der Waals surface area contributed by atoms with E-state index >= 15 is 0 Å². The Balaban J connectivity index is 1.12. The highest BCUT2D eigenvalue weighted by molar-refractivity contribution is 6.13. The third-order valence-electron chi connectivity index (χ3n) is 11.0. The molecular weight excluding hydrogens is 641 g/mol. The summed E-state index contributed by atoms with van der Waals surface area (Å²) in [6.07, 6.45) is 0. The normalized spacial score (nSPS) is 11.7. The van der Waals surface area contributed by atoms with Crippen molar-refractivity contribution in [2.45, 2.75) is 20.8 Å². The molecule has 53 heavy (non-hydrogen) atoms. The Kier molecular flexibility index (Phi) is 7.19. The first-order valence-electron chi connectivity index (χ1n) is 18.4. The minimum atomic E-state index is 1.17. The Labute approximate surface area is 309 Å². The van der Waals surface area contributed by atoms with E-state index in [2.05, 4.69) is 206 Å². The number of nitrogens with zero attached hydrogens (tertiary/aromatic N) is 2. The molecule has 0 aliphatic rings. The number of rotatable bonds is 5. The van der Waals surface area contributed by atoms with Crippen LogP contribution in [0.3, 0.4) is 0 Å². The van der Waals surface area contributed by atoms with E-state index in [-0.39, 0.29) is 0 Å². The third-order valence-corrected chi connectivity index (χ3v) is 11.0. The van der Waals surface area contributed by atoms with Crippen LogP contribution in [0.2, 0.25) is 0 Å². The van der Waals surface area contributed by atoms with Crippen molar-refractivity contribution < 1.29 is 0 Å². The second kappa shape index (κ2) is 12.3. The fourth-order valence-electron chi connectivity index (χ4n) is 8.32. The molecule has 0 unspecified atom stereocenters. The van der Waals surface area contributed by atoms with Gasteiger partial charge in [-0.25, -0.2) is 0 Å². The van der Waals surface area contributed by atoms with Crippen molar-refractivity contribution in [3.63, 3.8) is 0 Å². The summed E-state index contributed by atoms with van der Waals surface area (Å²) in [7, 11) is 0. The molecule has 252 valence electrons. The van der Waals surface area contributed by atoms with Crippen molar-refractivity contribution in [2.24, 2.45) is 0 Å². The molecule has 0 saturated carbocycles. The molecule has 0 N–H and O–H groups in total. The van der Waals surface area contributed by atoms with Crippen molar-refractivity contribution in [1.29, 1.82) is 0 Å². The van der Waals surface area contributed by atoms with E-state index in [0.29, 0.717) is 0 Å². The van der Waals surface area contributed by atoms with E-state index in [1.54, 1.807) is 0 Å². The molecule has 10 aromatic rings. The molecule has 0 aliphatic heterocycles. The summed E-state index contributed by atoms with van der Waals surface area (Å²) in [6, 6.07) is 64.7. The lowest BCUT2D eigenvalue weighted by molar-refractivity contribution is 1.18. The Bertz CT molecular complexity index is 2980. The Morgan fingerprint density at radius 2 is 0.698 bits per heavy atom. The molecule has 0 fully saturated rings. The zero-order valence-electron chi connectivity index (χ0n) is 30.1. The molecule has 2 heterocycles. The van der Waals surface area contributed by atoms with Gasteiger partial charge in [0, 0.05) is 32.9 Å². The van der Waals surface area contributed by atoms with Crippen LogP contribution in [0.15, 0.2) is 176 Å². The van der Waals surface area contributed by atoms with Gasteiger partial charge in [-0.05, 0) is 133 Å². The lowest BCUT2D eigenvalue weighted by Gasteiger charge is -2.12. The number of hydrogen-bond donors (Lipinski definition) is 0. The summed E-state index contributed by atoms with van der Waals surface area (Å²) in [5, 5.41) is 5.09. The average molecular weight is 679 g/mol. The second-order valence-corrected chi connectivity index (χ2v) is 14.5. The molecule has 0 amide bonds. The summed E-state index contributed by atoms with van der Waals surface area (Å²) >= 11 is 0. The molecule has 10 rings (SSSR count). The topological polar surface area (TPSA) is 9.86 Å². The molecule has 2 nitrogen and oxygen atoms in total. The number of aryl methyl sites for hydroxylation is 3. The van der Waals surface area contributed by atoms with Crippen LogP contribution in [0.25, 0.3) is 88.4 Å². The Morgan fingerprint density at radius 3 is 1.21 bits per heavy atom. The first kappa shape index (κ1) is 31.1. The quantitative estimate of drug-likeness (QED) is 0.171. The van der Waals surface area contributed by atoms with Crippen LogP contribution in [0.4, 0.5) is 0 Å². The lowest BCUT2D eigenvalue weighted by atomic mass is 9.96. The fourth-order valence-corrected chi connectivity index (χ4v) is 8.32. The molecule has 0 atom stereocenters. The second-order valence-electron chi connectivity index (χ2n) is 14.5. The van der Waals surface area contributed by atoms with Gasteiger partial charge in [-0.3, -0.25) is 0 Å². The summed E-state index contributed by atoms with van der Waals surface area (Å²) in [6.45, 7) is 6.63. The molecule has 0 spiro atoms. The molecule has 0 radical (unpaired) electrons. The van der Waals surface area contributed by atoms with Gasteiger partial charge in [0.15, 0.2) is 0 Å². The smallest absolute Gasteiger partial charge is 0.0544 e. The SMILES string of the molecule is Cc1ccc2c(c1)c1cc(-c3cc4c5cc(C)ccc5n(-c5ccc(-c6ccccc6)cc5)c4cc3C)ccc1n2-c1ccc(-c2ccccc2)cc1. The highest BCUT2D eigenvalue weighted by Crippen LogP contribution is 2.40. The number of benzene rings is 8. The van der Waals surface area contributed by atoms with Gasteiger partial charge in [0.25, 0.3) is 0 Å². The Hall–Kier alpha value is -6.64. The summed E-state index contributed by atoms with van der Waals surface area (Å²) < 4.78 is 4.84. The van der Waals surface area contributed by atoms with E-state index in [9.17, 15) is 0 Å². The molecule has 2 heteroatoms. The predicted octanol–water partition coefficient (Wildman–Crippen LogP) is 13.8. The molecule has 0 saturated heterocycles. The van der Waals surface area contributed by atoms with Gasteiger partial charge in [0.1, 0.15) is 0 Å². The van der Waals surface area contributed by atoms with Crippen molar-refractivity contribution in [3.05, 3.63) is 193 Å². The van der Waals surface area contributed by atoms with Crippen molar-refractivity contribution in [1.82, 2.24) is 9.13 Å². The van der Waals surface area contributed by atoms with Crippen LogP contribution in [0, 0.1) is 20.8 Å². The first-order valence-corrected chi connectivity index (χ1v) is 18.4. The van der Waals surface area contributed by atoms with Crippen molar-refractivity contribution in [3.8, 4) is 44.8 Å². The van der Waals surface area contributed by atoms with Gasteiger partial charge >= 0.3 is 0 Å². The number of aromatic nitrogens is 2. The minimum Gasteiger partial charge on any atom is -0.309 e. The maximum atomic E-state index is 2.43. The van der Waals surface area contributed by atoms with E-state index in [0.717, 1.165) is 0 Å². The van der Waals surface area contributed by atoms with Crippen LogP contribution in [-0.4, -0.2) is 9.13 Å². The minimum absolute atomic E-state index is 1.17. The summed E-state index contributed by atoms with van der Waals surface area (Å²) in [5.41, 5.74) is 18.4. The average Bonchev–Trinajstić information content (AvgIpc) is 3.69. The van der Waals surface area contributed by atoms with Gasteiger partial charge in [-0.2, -0.15) is 0 Å². The highest BCUT2D eigenvalue weighted by Gasteiger charge is 2.18. The third kappa shape index (κ3) is 5.18. The monoisotopic (exact) mass is 678 g/mol. The van der Waals surface area contributed by atoms with Crippen LogP contribution >= 0.6 is 0 Å². The summed E-state index contributed by atoms with van der Waals surface area (Å²) in [4.78, 5) is 0. The van der Waals surface area contributed by atoms with Gasteiger partial charge in [0.2, 0.25) is 0 Å². The molecule has 2 aromatic heterocycles. The molecule has 0 aliphatic carbocycles. The number of hydrogen-bond acceptors (Lipinski definition) is 0. The van der Waals surface area contributed by atoms with Crippen LogP contribution in [0.5, 0.6) is 0 Å². The van der Waals surface area contributed by atoms with E-state index < -0.39 is 0 Å². The van der Waals surface area contributed by atoms with E-state index in [1.807, 2.05) is 0 Å². The van der Waals surface area contributed by atoms with Crippen LogP contribution in [0.1, 0.15) is 16.7 Å². The predicted molar refractivity (Wildman–Crippen MR) is 226 cm³/mol. The fraction of sp³-hybridized carbons (Fsp3) is 0.0588. The lowest BCUT2D eigenvalue weighted by Crippen LogP contribution is -1.95. The first-order chi connectivity index (χ1) is 26.0. The maximum Gasteiger partial charge on any atom is 0.0544 e. The standard InChI is InChI=1S/C51H38N2/c1-33-14-25-48-44(28-33)46-31-40(20-27-50(46)52(48)41-21-16-38(17-22-41)36-10-6-4-7-11-36)43-32-47-45-29-34(2)15-26-49(45)53(51(47)30-35(43)3)42-23-18-39(19-24-42)37-12-8-5-9-13-37/h4-32H,1-3H3. The van der Waals surface area contributed by atoms with Gasteiger partial charge in [-0.15, -0.1) is 0 Å². The molecule has 8 aromatic carbocycles. The van der Waals surface area contributed by atoms with E-state index in [1.165, 1.54) is 105 Å². The van der Waals surface area contributed by atoms with Gasteiger partial charge < -0.3 is 9.13 Å². The maximum absolute atomic E-state index is 2.43. The number of fused-ring (bicyclic) bond motifs is 6. The Morgan fingerprint density at radius 1 is 0.302 bits per heavy atom. The van der Waals surface area contributed by atoms with Gasteiger partial charge in [0.05, 0.1) is 22.1 Å². The van der Waals surface area contributed by atoms with Crippen LogP contribution in [-0.2, 0) is 0 Å². The van der Waals surface area contributed by atoms with Crippen LogP contribution < -0.4 is 0 Å². The molecule has 0 bridgehead atoms. The zero-order chi connectivity index (χ0) is 35.6. The van der Waals surface area contributed by atoms with Crippen molar-refractivity contribution >= 4 is 43.6 Å². The van der Waals surface area contributed by atoms with E-state index in [4.69, 9.17) is 0 Å².